The van der Waals surface area contributed by atoms with Crippen LogP contribution < -0.4 is 10.6 Å². The van der Waals surface area contributed by atoms with Crippen molar-refractivity contribution >= 4 is 11.6 Å². The lowest BCUT2D eigenvalue weighted by atomic mass is 10.1. The average Bonchev–Trinajstić information content (AvgIpc) is 3.03. The third kappa shape index (κ3) is 3.10. The number of hydrogen-bond donors (Lipinski definition) is 2. The predicted molar refractivity (Wildman–Crippen MR) is 83.5 cm³/mol. The average molecular weight is 288 g/mol. The molecule has 0 saturated heterocycles. The minimum absolute atomic E-state index is 0.0828. The van der Waals surface area contributed by atoms with Crippen LogP contribution in [-0.2, 0) is 30.5 Å². The molecule has 4 heteroatoms. The Morgan fingerprint density at radius 1 is 1.10 bits per heavy atom. The highest BCUT2D eigenvalue weighted by Crippen LogP contribution is 2.36. The van der Waals surface area contributed by atoms with Crippen LogP contribution in [0.1, 0.15) is 56.1 Å². The van der Waals surface area contributed by atoms with Crippen molar-refractivity contribution < 1.29 is 10.1 Å². The number of aryl methyl sites for hydroxylation is 2. The molecule has 0 aromatic carbocycles. The second kappa shape index (κ2) is 5.41. The summed E-state index contributed by atoms with van der Waals surface area (Å²) in [6, 6.07) is 0. The largest absolute Gasteiger partial charge is 0.334 e. The number of anilines is 1. The van der Waals surface area contributed by atoms with Crippen LogP contribution in [0.4, 0.5) is 5.69 Å². The van der Waals surface area contributed by atoms with Crippen molar-refractivity contribution in [2.75, 3.05) is 11.9 Å². The first-order valence-corrected chi connectivity index (χ1v) is 8.12. The third-order valence-corrected chi connectivity index (χ3v) is 4.42. The lowest BCUT2D eigenvalue weighted by Crippen LogP contribution is -2.95. The van der Waals surface area contributed by atoms with Crippen LogP contribution in [0, 0.1) is 0 Å². The molecule has 2 aliphatic carbocycles. The number of carbonyl (C=O) groups excluding carboxylic acids is 1. The van der Waals surface area contributed by atoms with Crippen molar-refractivity contribution in [1.29, 1.82) is 0 Å². The SMILES string of the molecule is CC(C)(C)[NH2+]CC(=O)Nc1c2c(nc3c1CCC3)CCC2. The molecular weight excluding hydrogens is 262 g/mol. The van der Waals surface area contributed by atoms with Crippen LogP contribution in [-0.4, -0.2) is 23.0 Å². The zero-order valence-corrected chi connectivity index (χ0v) is 13.4. The van der Waals surface area contributed by atoms with Crippen LogP contribution in [0.3, 0.4) is 0 Å². The molecule has 3 rings (SSSR count). The van der Waals surface area contributed by atoms with Crippen LogP contribution >= 0.6 is 0 Å². The maximum atomic E-state index is 12.3. The summed E-state index contributed by atoms with van der Waals surface area (Å²) in [4.78, 5) is 17.1. The summed E-state index contributed by atoms with van der Waals surface area (Å²) in [5.41, 5.74) is 6.26. The van der Waals surface area contributed by atoms with E-state index in [9.17, 15) is 4.79 Å². The molecule has 114 valence electrons. The Kier molecular flexibility index (Phi) is 3.74. The molecule has 0 saturated carbocycles. The van der Waals surface area contributed by atoms with Crippen LogP contribution in [0.2, 0.25) is 0 Å². The first kappa shape index (κ1) is 14.5. The fourth-order valence-electron chi connectivity index (χ4n) is 3.33. The van der Waals surface area contributed by atoms with Crippen LogP contribution in [0.15, 0.2) is 0 Å². The molecule has 21 heavy (non-hydrogen) atoms. The molecule has 0 radical (unpaired) electrons. The standard InChI is InChI=1S/C17H25N3O/c1-17(2,3)18-10-15(21)20-16-11-6-4-8-13(11)19-14-9-5-7-12(14)16/h18H,4-10H2,1-3H3,(H,19,20,21)/p+1. The van der Waals surface area contributed by atoms with Gasteiger partial charge in [0.25, 0.3) is 5.91 Å². The summed E-state index contributed by atoms with van der Waals surface area (Å²) in [7, 11) is 0. The monoisotopic (exact) mass is 288 g/mol. The Morgan fingerprint density at radius 3 is 2.19 bits per heavy atom. The van der Waals surface area contributed by atoms with Gasteiger partial charge in [0, 0.05) is 11.4 Å². The number of carbonyl (C=O) groups is 1. The lowest BCUT2D eigenvalue weighted by Gasteiger charge is -2.18. The number of fused-ring (bicyclic) bond motifs is 2. The van der Waals surface area contributed by atoms with E-state index in [4.69, 9.17) is 4.98 Å². The van der Waals surface area contributed by atoms with Crippen molar-refractivity contribution in [3.63, 3.8) is 0 Å². The van der Waals surface area contributed by atoms with E-state index in [0.717, 1.165) is 31.4 Å². The first-order valence-electron chi connectivity index (χ1n) is 8.12. The molecule has 0 bridgehead atoms. The van der Waals surface area contributed by atoms with E-state index in [1.54, 1.807) is 0 Å². The Morgan fingerprint density at radius 2 is 1.67 bits per heavy atom. The fourth-order valence-corrected chi connectivity index (χ4v) is 3.33. The number of pyridine rings is 1. The Labute approximate surface area is 126 Å². The van der Waals surface area contributed by atoms with E-state index in [1.165, 1.54) is 35.4 Å². The molecule has 4 nitrogen and oxygen atoms in total. The second-order valence-corrected chi connectivity index (χ2v) is 7.37. The smallest absolute Gasteiger partial charge is 0.279 e. The number of quaternary nitrogens is 1. The lowest BCUT2D eigenvalue weighted by molar-refractivity contribution is -0.707. The molecular formula is C17H26N3O+. The third-order valence-electron chi connectivity index (χ3n) is 4.42. The topological polar surface area (TPSA) is 58.6 Å². The number of rotatable bonds is 3. The number of nitrogens with zero attached hydrogens (tertiary/aromatic N) is 1. The van der Waals surface area contributed by atoms with E-state index >= 15 is 0 Å². The van der Waals surface area contributed by atoms with Crippen molar-refractivity contribution in [1.82, 2.24) is 4.98 Å². The zero-order chi connectivity index (χ0) is 15.0. The van der Waals surface area contributed by atoms with E-state index in [0.29, 0.717) is 6.54 Å². The van der Waals surface area contributed by atoms with Gasteiger partial charge in [-0.1, -0.05) is 0 Å². The van der Waals surface area contributed by atoms with E-state index in [1.807, 2.05) is 0 Å². The highest BCUT2D eigenvalue weighted by atomic mass is 16.1. The molecule has 1 heterocycles. The number of nitrogens with two attached hydrogens (primary N) is 1. The summed E-state index contributed by atoms with van der Waals surface area (Å²) >= 11 is 0. The molecule has 2 aliphatic rings. The van der Waals surface area contributed by atoms with E-state index in [-0.39, 0.29) is 11.4 Å². The fraction of sp³-hybridized carbons (Fsp3) is 0.647. The Bertz CT molecular complexity index is 540. The molecule has 1 aromatic heterocycles. The van der Waals surface area contributed by atoms with Crippen molar-refractivity contribution in [3.8, 4) is 0 Å². The molecule has 1 amide bonds. The van der Waals surface area contributed by atoms with Gasteiger partial charge in [-0.3, -0.25) is 9.78 Å². The maximum absolute atomic E-state index is 12.3. The number of hydrogen-bond acceptors (Lipinski definition) is 2. The number of aromatic nitrogens is 1. The molecule has 0 aliphatic heterocycles. The number of nitrogens with one attached hydrogen (secondary N) is 1. The van der Waals surface area contributed by atoms with Crippen molar-refractivity contribution in [2.24, 2.45) is 0 Å². The number of amides is 1. The summed E-state index contributed by atoms with van der Waals surface area (Å²) < 4.78 is 0. The van der Waals surface area contributed by atoms with Gasteiger partial charge < -0.3 is 10.6 Å². The van der Waals surface area contributed by atoms with Gasteiger partial charge in [-0.2, -0.15) is 0 Å². The van der Waals surface area contributed by atoms with Crippen LogP contribution in [0.5, 0.6) is 0 Å². The van der Waals surface area contributed by atoms with Crippen molar-refractivity contribution in [2.45, 2.75) is 64.8 Å². The van der Waals surface area contributed by atoms with Crippen molar-refractivity contribution in [3.05, 3.63) is 22.5 Å². The quantitative estimate of drug-likeness (QED) is 0.882. The molecule has 0 spiro atoms. The normalized spacial score (nSPS) is 16.7. The Hall–Kier alpha value is -1.42. The molecule has 0 fully saturated rings. The maximum Gasteiger partial charge on any atom is 0.279 e. The molecule has 1 aromatic rings. The van der Waals surface area contributed by atoms with Gasteiger partial charge in [-0.15, -0.1) is 0 Å². The van der Waals surface area contributed by atoms with Crippen LogP contribution in [0.25, 0.3) is 0 Å². The molecule has 0 atom stereocenters. The Balaban J connectivity index is 1.81. The summed E-state index contributed by atoms with van der Waals surface area (Å²) in [5.74, 6) is 0.110. The minimum atomic E-state index is 0.0828. The summed E-state index contributed by atoms with van der Waals surface area (Å²) in [5, 5.41) is 5.29. The molecule has 0 unspecified atom stereocenters. The van der Waals surface area contributed by atoms with Gasteiger partial charge in [0.15, 0.2) is 6.54 Å². The van der Waals surface area contributed by atoms with Gasteiger partial charge in [0.05, 0.1) is 11.2 Å². The highest BCUT2D eigenvalue weighted by Gasteiger charge is 2.26. The van der Waals surface area contributed by atoms with Gasteiger partial charge in [0.2, 0.25) is 0 Å². The van der Waals surface area contributed by atoms with Gasteiger partial charge in [-0.05, 0) is 70.4 Å². The van der Waals surface area contributed by atoms with Gasteiger partial charge in [-0.25, -0.2) is 0 Å². The summed E-state index contributed by atoms with van der Waals surface area (Å²) in [6.45, 7) is 6.86. The van der Waals surface area contributed by atoms with E-state index < -0.39 is 0 Å². The van der Waals surface area contributed by atoms with Gasteiger partial charge >= 0.3 is 0 Å². The predicted octanol–water partition coefficient (Wildman–Crippen LogP) is 1.36. The second-order valence-electron chi connectivity index (χ2n) is 7.37. The highest BCUT2D eigenvalue weighted by molar-refractivity contribution is 5.93. The zero-order valence-electron chi connectivity index (χ0n) is 13.4. The molecule has 3 N–H and O–H groups in total. The first-order chi connectivity index (χ1) is 9.94. The minimum Gasteiger partial charge on any atom is -0.334 e. The van der Waals surface area contributed by atoms with Gasteiger partial charge in [0.1, 0.15) is 0 Å². The van der Waals surface area contributed by atoms with E-state index in [2.05, 4.69) is 31.4 Å². The summed E-state index contributed by atoms with van der Waals surface area (Å²) in [6.07, 6.45) is 6.60.